The van der Waals surface area contributed by atoms with Crippen LogP contribution in [0.1, 0.15) is 24.6 Å². The van der Waals surface area contributed by atoms with E-state index in [0.29, 0.717) is 12.5 Å². The lowest BCUT2D eigenvalue weighted by atomic mass is 10.1. The summed E-state index contributed by atoms with van der Waals surface area (Å²) >= 11 is 5.88. The van der Waals surface area contributed by atoms with Gasteiger partial charge in [-0.3, -0.25) is 10.1 Å². The summed E-state index contributed by atoms with van der Waals surface area (Å²) in [6.45, 7) is 1.33. The molecule has 1 N–H and O–H groups in total. The van der Waals surface area contributed by atoms with Crippen molar-refractivity contribution in [2.75, 3.05) is 13.1 Å². The molecule has 0 spiro atoms. The maximum atomic E-state index is 11.8. The number of benzene rings is 1. The van der Waals surface area contributed by atoms with Gasteiger partial charge in [0.25, 0.3) is 0 Å². The fourth-order valence-corrected chi connectivity index (χ4v) is 2.39. The molecule has 1 aliphatic heterocycles. The van der Waals surface area contributed by atoms with Gasteiger partial charge in [0.05, 0.1) is 6.54 Å². The number of rotatable bonds is 3. The van der Waals surface area contributed by atoms with Crippen LogP contribution >= 0.6 is 11.6 Å². The van der Waals surface area contributed by atoms with E-state index in [9.17, 15) is 4.79 Å². The van der Waals surface area contributed by atoms with Crippen LogP contribution < -0.4 is 5.32 Å². The first kappa shape index (κ1) is 11.1. The molecule has 0 radical (unpaired) electrons. The number of nitrogens with one attached hydrogen (secondary N) is 1. The highest BCUT2D eigenvalue weighted by Gasteiger charge is 2.35. The molecule has 2 aliphatic rings. The molecule has 4 heteroatoms. The molecule has 1 saturated carbocycles. The van der Waals surface area contributed by atoms with E-state index in [4.69, 9.17) is 11.6 Å². The molecule has 1 amide bonds. The van der Waals surface area contributed by atoms with E-state index in [-0.39, 0.29) is 12.1 Å². The highest BCUT2D eigenvalue weighted by atomic mass is 35.5. The smallest absolute Gasteiger partial charge is 0.238 e. The fourth-order valence-electron chi connectivity index (χ4n) is 2.27. The van der Waals surface area contributed by atoms with Gasteiger partial charge < -0.3 is 4.90 Å². The van der Waals surface area contributed by atoms with Crippen LogP contribution in [0, 0.1) is 5.92 Å². The average molecular weight is 251 g/mol. The fraction of sp³-hybridized carbons (Fsp3) is 0.462. The summed E-state index contributed by atoms with van der Waals surface area (Å²) in [6.07, 6.45) is 2.55. The van der Waals surface area contributed by atoms with Gasteiger partial charge in [-0.05, 0) is 36.5 Å². The average Bonchev–Trinajstić information content (AvgIpc) is 3.07. The van der Waals surface area contributed by atoms with Gasteiger partial charge in [0.2, 0.25) is 5.91 Å². The first-order chi connectivity index (χ1) is 8.24. The van der Waals surface area contributed by atoms with E-state index in [1.54, 1.807) is 0 Å². The van der Waals surface area contributed by atoms with Crippen molar-refractivity contribution in [3.63, 3.8) is 0 Å². The highest BCUT2D eigenvalue weighted by molar-refractivity contribution is 6.30. The molecule has 2 fully saturated rings. The minimum atomic E-state index is 0.0281. The van der Waals surface area contributed by atoms with Crippen LogP contribution in [-0.4, -0.2) is 23.9 Å². The molecule has 1 saturated heterocycles. The van der Waals surface area contributed by atoms with Crippen molar-refractivity contribution in [1.29, 1.82) is 0 Å². The molecular weight excluding hydrogens is 236 g/mol. The van der Waals surface area contributed by atoms with Crippen molar-refractivity contribution in [3.05, 3.63) is 34.9 Å². The van der Waals surface area contributed by atoms with E-state index in [0.717, 1.165) is 17.1 Å². The van der Waals surface area contributed by atoms with Crippen LogP contribution in [0.3, 0.4) is 0 Å². The first-order valence-corrected chi connectivity index (χ1v) is 6.40. The van der Waals surface area contributed by atoms with Crippen molar-refractivity contribution < 1.29 is 4.79 Å². The van der Waals surface area contributed by atoms with Gasteiger partial charge in [-0.15, -0.1) is 0 Å². The molecule has 1 unspecified atom stereocenters. The molecule has 0 bridgehead atoms. The summed E-state index contributed by atoms with van der Waals surface area (Å²) in [4.78, 5) is 13.8. The van der Waals surface area contributed by atoms with E-state index < -0.39 is 0 Å². The summed E-state index contributed by atoms with van der Waals surface area (Å²) in [6, 6.07) is 7.71. The highest BCUT2D eigenvalue weighted by Crippen LogP contribution is 2.33. The summed E-state index contributed by atoms with van der Waals surface area (Å²) in [7, 11) is 0. The van der Waals surface area contributed by atoms with Gasteiger partial charge in [-0.25, -0.2) is 0 Å². The summed E-state index contributed by atoms with van der Waals surface area (Å²) < 4.78 is 0. The minimum absolute atomic E-state index is 0.0281. The largest absolute Gasteiger partial charge is 0.322 e. The predicted octanol–water partition coefficient (Wildman–Crippen LogP) is 2.18. The number of hydrogen-bond acceptors (Lipinski definition) is 2. The molecule has 1 aromatic carbocycles. The monoisotopic (exact) mass is 250 g/mol. The Hall–Kier alpha value is -1.06. The summed E-state index contributed by atoms with van der Waals surface area (Å²) in [5.41, 5.74) is 1.11. The molecule has 3 nitrogen and oxygen atoms in total. The second kappa shape index (κ2) is 4.31. The Morgan fingerprint density at radius 2 is 2.00 bits per heavy atom. The summed E-state index contributed by atoms with van der Waals surface area (Å²) in [5, 5.41) is 3.99. The SMILES string of the molecule is O=C1CNC(c2ccc(Cl)cc2)N1CC1CC1. The Kier molecular flexibility index (Phi) is 2.81. The van der Waals surface area contributed by atoms with Gasteiger partial charge in [0.15, 0.2) is 0 Å². The maximum Gasteiger partial charge on any atom is 0.238 e. The van der Waals surface area contributed by atoms with Crippen molar-refractivity contribution >= 4 is 17.5 Å². The van der Waals surface area contributed by atoms with Crippen LogP contribution in [0.5, 0.6) is 0 Å². The molecule has 1 aliphatic carbocycles. The third-order valence-electron chi connectivity index (χ3n) is 3.42. The Balaban J connectivity index is 1.80. The van der Waals surface area contributed by atoms with Crippen LogP contribution in [0.15, 0.2) is 24.3 Å². The summed E-state index contributed by atoms with van der Waals surface area (Å²) in [5.74, 6) is 0.922. The standard InChI is InChI=1S/C13H15ClN2O/c14-11-5-3-10(4-6-11)13-15-7-12(17)16(13)8-9-1-2-9/h3-6,9,13,15H,1-2,7-8H2. The first-order valence-electron chi connectivity index (χ1n) is 6.02. The van der Waals surface area contributed by atoms with Crippen molar-refractivity contribution in [2.24, 2.45) is 5.92 Å². The molecule has 0 aromatic heterocycles. The zero-order valence-corrected chi connectivity index (χ0v) is 10.3. The van der Waals surface area contributed by atoms with Gasteiger partial charge in [0, 0.05) is 11.6 Å². The second-order valence-corrected chi connectivity index (χ2v) is 5.26. The third kappa shape index (κ3) is 2.31. The molecule has 3 rings (SSSR count). The van der Waals surface area contributed by atoms with E-state index in [2.05, 4.69) is 5.32 Å². The minimum Gasteiger partial charge on any atom is -0.322 e. The molecule has 90 valence electrons. The number of hydrogen-bond donors (Lipinski definition) is 1. The van der Waals surface area contributed by atoms with Crippen LogP contribution in [0.4, 0.5) is 0 Å². The van der Waals surface area contributed by atoms with Crippen molar-refractivity contribution in [3.8, 4) is 0 Å². The van der Waals surface area contributed by atoms with Gasteiger partial charge >= 0.3 is 0 Å². The quantitative estimate of drug-likeness (QED) is 0.892. The number of amides is 1. The second-order valence-electron chi connectivity index (χ2n) is 4.82. The van der Waals surface area contributed by atoms with Gasteiger partial charge in [-0.2, -0.15) is 0 Å². The van der Waals surface area contributed by atoms with Crippen molar-refractivity contribution in [1.82, 2.24) is 10.2 Å². The van der Waals surface area contributed by atoms with Crippen LogP contribution in [0.25, 0.3) is 0 Å². The zero-order valence-electron chi connectivity index (χ0n) is 9.53. The van der Waals surface area contributed by atoms with Crippen LogP contribution in [0.2, 0.25) is 5.02 Å². The number of nitrogens with zero attached hydrogens (tertiary/aromatic N) is 1. The zero-order chi connectivity index (χ0) is 11.8. The normalized spacial score (nSPS) is 24.4. The number of halogens is 1. The Morgan fingerprint density at radius 3 is 2.65 bits per heavy atom. The van der Waals surface area contributed by atoms with E-state index in [1.807, 2.05) is 29.2 Å². The maximum absolute atomic E-state index is 11.8. The lowest BCUT2D eigenvalue weighted by molar-refractivity contribution is -0.128. The molecular formula is C13H15ClN2O. The predicted molar refractivity (Wildman–Crippen MR) is 66.6 cm³/mol. The topological polar surface area (TPSA) is 32.3 Å². The Bertz CT molecular complexity index is 428. The Morgan fingerprint density at radius 1 is 1.29 bits per heavy atom. The van der Waals surface area contributed by atoms with Gasteiger partial charge in [-0.1, -0.05) is 23.7 Å². The third-order valence-corrected chi connectivity index (χ3v) is 3.67. The van der Waals surface area contributed by atoms with Crippen molar-refractivity contribution in [2.45, 2.75) is 19.0 Å². The van der Waals surface area contributed by atoms with Crippen LogP contribution in [-0.2, 0) is 4.79 Å². The van der Waals surface area contributed by atoms with Gasteiger partial charge in [0.1, 0.15) is 6.17 Å². The lowest BCUT2D eigenvalue weighted by Crippen LogP contribution is -2.32. The van der Waals surface area contributed by atoms with E-state index >= 15 is 0 Å². The molecule has 1 heterocycles. The molecule has 1 atom stereocenters. The molecule has 17 heavy (non-hydrogen) atoms. The molecule has 1 aromatic rings. The van der Waals surface area contributed by atoms with E-state index in [1.165, 1.54) is 12.8 Å². The number of carbonyl (C=O) groups excluding carboxylic acids is 1. The lowest BCUT2D eigenvalue weighted by Gasteiger charge is -2.24. The number of carbonyl (C=O) groups is 1. The Labute approximate surface area is 106 Å².